The van der Waals surface area contributed by atoms with Gasteiger partial charge in [0.1, 0.15) is 17.9 Å². The second-order valence-electron chi connectivity index (χ2n) is 8.86. The molecule has 0 aromatic heterocycles. The first-order valence-electron chi connectivity index (χ1n) is 11.7. The predicted octanol–water partition coefficient (Wildman–Crippen LogP) is 6.46. The fraction of sp³-hybridized carbons (Fsp3) is 0.100. The first-order chi connectivity index (χ1) is 17.8. The number of fused-ring (bicyclic) bond motifs is 1. The van der Waals surface area contributed by atoms with Gasteiger partial charge in [-0.05, 0) is 66.1 Å². The average Bonchev–Trinajstić information content (AvgIpc) is 2.87. The molecule has 7 heteroatoms. The Morgan fingerprint density at radius 2 is 1.73 bits per heavy atom. The number of anilines is 1. The molecule has 0 spiro atoms. The third kappa shape index (κ3) is 4.90. The minimum Gasteiger partial charge on any atom is -0.488 e. The molecule has 5 rings (SSSR count). The van der Waals surface area contributed by atoms with Gasteiger partial charge >= 0.3 is 6.03 Å². The number of rotatable bonds is 5. The molecule has 1 N–H and O–H groups in total. The van der Waals surface area contributed by atoms with Crippen molar-refractivity contribution in [1.29, 1.82) is 0 Å². The first kappa shape index (κ1) is 24.5. The highest BCUT2D eigenvalue weighted by Crippen LogP contribution is 2.33. The van der Waals surface area contributed by atoms with Gasteiger partial charge in [-0.15, -0.1) is 0 Å². The molecular weight excluding hydrogens is 532 g/mol. The molecule has 1 saturated heterocycles. The topological polar surface area (TPSA) is 75.7 Å². The van der Waals surface area contributed by atoms with Crippen LogP contribution in [-0.4, -0.2) is 17.8 Å². The molecule has 0 bridgehead atoms. The quantitative estimate of drug-likeness (QED) is 0.227. The molecule has 37 heavy (non-hydrogen) atoms. The number of amides is 4. The highest BCUT2D eigenvalue weighted by molar-refractivity contribution is 9.10. The van der Waals surface area contributed by atoms with Crippen molar-refractivity contribution in [3.05, 3.63) is 111 Å². The van der Waals surface area contributed by atoms with E-state index in [1.54, 1.807) is 25.1 Å². The summed E-state index contributed by atoms with van der Waals surface area (Å²) < 4.78 is 7.01. The molecule has 4 aromatic rings. The van der Waals surface area contributed by atoms with Crippen LogP contribution in [-0.2, 0) is 16.2 Å². The Morgan fingerprint density at radius 3 is 2.51 bits per heavy atom. The summed E-state index contributed by atoms with van der Waals surface area (Å²) in [6.07, 6.45) is 1.51. The summed E-state index contributed by atoms with van der Waals surface area (Å²) in [6.45, 7) is 4.13. The van der Waals surface area contributed by atoms with Gasteiger partial charge in [0.25, 0.3) is 11.8 Å². The lowest BCUT2D eigenvalue weighted by molar-refractivity contribution is -0.122. The number of aryl methyl sites for hydroxylation is 2. The predicted molar refractivity (Wildman–Crippen MR) is 147 cm³/mol. The van der Waals surface area contributed by atoms with Crippen molar-refractivity contribution in [2.24, 2.45) is 0 Å². The summed E-state index contributed by atoms with van der Waals surface area (Å²) in [6, 6.07) is 23.9. The van der Waals surface area contributed by atoms with Crippen LogP contribution in [0, 0.1) is 13.8 Å². The monoisotopic (exact) mass is 554 g/mol. The first-order valence-corrected chi connectivity index (χ1v) is 12.5. The number of imide groups is 2. The number of hydrogen-bond acceptors (Lipinski definition) is 4. The van der Waals surface area contributed by atoms with E-state index in [4.69, 9.17) is 4.74 Å². The Bertz CT molecular complexity index is 1610. The molecule has 184 valence electrons. The molecule has 4 aromatic carbocycles. The van der Waals surface area contributed by atoms with E-state index >= 15 is 0 Å². The standard InChI is InChI=1S/C30H23BrN2O4/c1-18-6-5-7-20(14-18)17-37-27-13-10-21-8-3-4-9-23(21)24(27)16-25-28(34)32-30(36)33(29(25)35)26-12-11-22(31)15-19(26)2/h3-16H,17H2,1-2H3,(H,32,34,36)/b25-16-. The maximum atomic E-state index is 13.6. The van der Waals surface area contributed by atoms with Gasteiger partial charge in [0.15, 0.2) is 0 Å². The molecule has 4 amide bonds. The van der Waals surface area contributed by atoms with Gasteiger partial charge in [0.05, 0.1) is 5.69 Å². The third-order valence-corrected chi connectivity index (χ3v) is 6.69. The molecule has 1 heterocycles. The Labute approximate surface area is 222 Å². The molecule has 1 fully saturated rings. The molecule has 0 radical (unpaired) electrons. The number of hydrogen-bond donors (Lipinski definition) is 1. The number of carbonyl (C=O) groups is 3. The van der Waals surface area contributed by atoms with E-state index < -0.39 is 17.8 Å². The largest absolute Gasteiger partial charge is 0.488 e. The maximum absolute atomic E-state index is 13.6. The zero-order chi connectivity index (χ0) is 26.1. The number of urea groups is 1. The molecule has 1 aliphatic rings. The van der Waals surface area contributed by atoms with E-state index in [2.05, 4.69) is 21.2 Å². The van der Waals surface area contributed by atoms with Crippen LogP contribution in [0.1, 0.15) is 22.3 Å². The van der Waals surface area contributed by atoms with Crippen LogP contribution in [0.2, 0.25) is 0 Å². The van der Waals surface area contributed by atoms with Crippen molar-refractivity contribution in [2.45, 2.75) is 20.5 Å². The van der Waals surface area contributed by atoms with Gasteiger partial charge in [-0.2, -0.15) is 0 Å². The smallest absolute Gasteiger partial charge is 0.335 e. The fourth-order valence-corrected chi connectivity index (χ4v) is 4.88. The van der Waals surface area contributed by atoms with E-state index in [0.29, 0.717) is 29.2 Å². The van der Waals surface area contributed by atoms with Crippen molar-refractivity contribution in [1.82, 2.24) is 5.32 Å². The second-order valence-corrected chi connectivity index (χ2v) is 9.78. The summed E-state index contributed by atoms with van der Waals surface area (Å²) >= 11 is 3.40. The molecule has 0 aliphatic carbocycles. The number of benzene rings is 4. The van der Waals surface area contributed by atoms with Crippen LogP contribution in [0.4, 0.5) is 10.5 Å². The Balaban J connectivity index is 1.59. The van der Waals surface area contributed by atoms with Crippen molar-refractivity contribution < 1.29 is 19.1 Å². The normalized spacial score (nSPS) is 14.8. The van der Waals surface area contributed by atoms with Crippen molar-refractivity contribution in [3.8, 4) is 5.75 Å². The molecular formula is C30H23BrN2O4. The molecule has 6 nitrogen and oxygen atoms in total. The SMILES string of the molecule is Cc1cccc(COc2ccc3ccccc3c2/C=C2/C(=O)NC(=O)N(c3ccc(Br)cc3C)C2=O)c1. The Morgan fingerprint density at radius 1 is 0.919 bits per heavy atom. The lowest BCUT2D eigenvalue weighted by Gasteiger charge is -2.27. The number of nitrogens with one attached hydrogen (secondary N) is 1. The summed E-state index contributed by atoms with van der Waals surface area (Å²) in [7, 11) is 0. The van der Waals surface area contributed by atoms with E-state index in [-0.39, 0.29) is 5.57 Å². The fourth-order valence-electron chi connectivity index (χ4n) is 4.40. The van der Waals surface area contributed by atoms with E-state index in [1.807, 2.05) is 67.6 Å². The van der Waals surface area contributed by atoms with E-state index in [9.17, 15) is 14.4 Å². The van der Waals surface area contributed by atoms with Gasteiger partial charge < -0.3 is 4.74 Å². The number of nitrogens with zero attached hydrogens (tertiary/aromatic N) is 1. The Kier molecular flexibility index (Phi) is 6.63. The zero-order valence-corrected chi connectivity index (χ0v) is 21.8. The summed E-state index contributed by atoms with van der Waals surface area (Å²) in [5.74, 6) is -0.924. The number of halogens is 1. The maximum Gasteiger partial charge on any atom is 0.335 e. The summed E-state index contributed by atoms with van der Waals surface area (Å²) in [5, 5.41) is 4.06. The van der Waals surface area contributed by atoms with Gasteiger partial charge in [-0.25, -0.2) is 9.69 Å². The highest BCUT2D eigenvalue weighted by Gasteiger charge is 2.37. The van der Waals surface area contributed by atoms with E-state index in [0.717, 1.165) is 31.3 Å². The second kappa shape index (κ2) is 10.0. The number of ether oxygens (including phenoxy) is 1. The minimum absolute atomic E-state index is 0.154. The molecule has 1 aliphatic heterocycles. The number of carbonyl (C=O) groups excluding carboxylic acids is 3. The van der Waals surface area contributed by atoms with Crippen LogP contribution in [0.5, 0.6) is 5.75 Å². The average molecular weight is 555 g/mol. The summed E-state index contributed by atoms with van der Waals surface area (Å²) in [4.78, 5) is 40.2. The van der Waals surface area contributed by atoms with Crippen LogP contribution in [0.25, 0.3) is 16.8 Å². The van der Waals surface area contributed by atoms with Crippen LogP contribution < -0.4 is 15.0 Å². The molecule has 0 saturated carbocycles. The lowest BCUT2D eigenvalue weighted by Crippen LogP contribution is -2.54. The Hall–Kier alpha value is -4.23. The van der Waals surface area contributed by atoms with Crippen molar-refractivity contribution in [3.63, 3.8) is 0 Å². The van der Waals surface area contributed by atoms with Crippen LogP contribution >= 0.6 is 15.9 Å². The lowest BCUT2D eigenvalue weighted by atomic mass is 9.99. The van der Waals surface area contributed by atoms with Gasteiger partial charge in [0.2, 0.25) is 0 Å². The third-order valence-electron chi connectivity index (χ3n) is 6.20. The molecule has 0 atom stereocenters. The van der Waals surface area contributed by atoms with Gasteiger partial charge in [-0.3, -0.25) is 14.9 Å². The van der Waals surface area contributed by atoms with Gasteiger partial charge in [-0.1, -0.05) is 76.1 Å². The minimum atomic E-state index is -0.786. The van der Waals surface area contributed by atoms with E-state index in [1.165, 1.54) is 6.08 Å². The number of barbiturate groups is 1. The van der Waals surface area contributed by atoms with Gasteiger partial charge in [0, 0.05) is 10.0 Å². The summed E-state index contributed by atoms with van der Waals surface area (Å²) in [5.41, 5.74) is 3.67. The highest BCUT2D eigenvalue weighted by atomic mass is 79.9. The zero-order valence-electron chi connectivity index (χ0n) is 20.2. The molecule has 0 unspecified atom stereocenters. The van der Waals surface area contributed by atoms with Crippen LogP contribution in [0.3, 0.4) is 0 Å². The van der Waals surface area contributed by atoms with Crippen molar-refractivity contribution in [2.75, 3.05) is 4.90 Å². The van der Waals surface area contributed by atoms with Crippen molar-refractivity contribution >= 4 is 56.3 Å². The van der Waals surface area contributed by atoms with Crippen LogP contribution in [0.15, 0.2) is 88.9 Å².